The van der Waals surface area contributed by atoms with Crippen LogP contribution in [-0.2, 0) is 89.6 Å². The van der Waals surface area contributed by atoms with Crippen molar-refractivity contribution < 1.29 is 100 Å². The smallest absolute Gasteiger partial charge is 0.349 e. The first-order valence-electron chi connectivity index (χ1n) is 45.7. The summed E-state index contributed by atoms with van der Waals surface area (Å²) in [6, 6.07) is 105. The van der Waals surface area contributed by atoms with E-state index in [2.05, 4.69) is 26.9 Å². The Morgan fingerprint density at radius 1 is 0.347 bits per heavy atom. The second-order valence-corrected chi connectivity index (χ2v) is 32.8. The molecule has 2 unspecified atom stereocenters. The van der Waals surface area contributed by atoms with E-state index in [9.17, 15) is 43.0 Å². The summed E-state index contributed by atoms with van der Waals surface area (Å²) < 4.78 is 92.4. The van der Waals surface area contributed by atoms with Gasteiger partial charge in [-0.15, -0.1) is 0 Å². The Balaban J connectivity index is 0.000000182. The molecule has 26 heteroatoms. The van der Waals surface area contributed by atoms with Crippen molar-refractivity contribution in [1.82, 2.24) is 19.9 Å². The predicted molar refractivity (Wildman–Crippen MR) is 554 cm³/mol. The first-order valence-corrected chi connectivity index (χ1v) is 46.1. The van der Waals surface area contributed by atoms with Crippen LogP contribution in [-0.4, -0.2) is 77.6 Å². The van der Waals surface area contributed by atoms with Gasteiger partial charge in [0.2, 0.25) is 6.10 Å². The van der Waals surface area contributed by atoms with Gasteiger partial charge in [-0.1, -0.05) is 254 Å². The van der Waals surface area contributed by atoms with E-state index in [1.807, 2.05) is 268 Å². The summed E-state index contributed by atoms with van der Waals surface area (Å²) in [5, 5.41) is 32.4. The van der Waals surface area contributed by atoms with Crippen molar-refractivity contribution in [2.75, 3.05) is 6.61 Å². The number of hydrogen-bond acceptors (Lipinski definition) is 20. The van der Waals surface area contributed by atoms with Crippen molar-refractivity contribution in [3.8, 4) is 57.5 Å². The number of aromatic nitrogens is 4. The molecule has 0 aliphatic heterocycles. The number of hydrogen-bond donors (Lipinski definition) is 3. The second-order valence-electron chi connectivity index (χ2n) is 32.4. The molecule has 0 radical (unpaired) electrons. The highest BCUT2D eigenvalue weighted by atomic mass is 35.5. The molecule has 0 saturated heterocycles. The maximum Gasteiger partial charge on any atom is 0.349 e. The molecule has 740 valence electrons. The number of fused-ring (bicyclic) bond motifs is 4. The van der Waals surface area contributed by atoms with Gasteiger partial charge in [-0.25, -0.2) is 38.3 Å². The average Bonchev–Trinajstić information content (AvgIpc) is 0.750. The molecule has 0 aliphatic carbocycles. The van der Waals surface area contributed by atoms with E-state index in [0.29, 0.717) is 95.0 Å². The van der Waals surface area contributed by atoms with Crippen molar-refractivity contribution in [3.63, 3.8) is 0 Å². The summed E-state index contributed by atoms with van der Waals surface area (Å²) in [6.45, 7) is 7.90. The molecule has 0 bridgehead atoms. The summed E-state index contributed by atoms with van der Waals surface area (Å²) in [5.41, 5.74) is 12.2. The molecule has 0 fully saturated rings. The number of aryl methyl sites for hydroxylation is 1. The Bertz CT molecular complexity index is 7140. The minimum Gasteiger partial charge on any atom is -0.489 e. The van der Waals surface area contributed by atoms with E-state index in [1.165, 1.54) is 31.2 Å². The molecule has 4 aromatic heterocycles. The van der Waals surface area contributed by atoms with E-state index >= 15 is 0 Å². The number of carboxylic acids is 3. The van der Waals surface area contributed by atoms with Crippen LogP contribution in [0.1, 0.15) is 147 Å². The summed E-state index contributed by atoms with van der Waals surface area (Å²) in [5.74, 6) is -0.328. The lowest BCUT2D eigenvalue weighted by Crippen LogP contribution is -2.24. The monoisotopic (exact) mass is 1960 g/mol. The number of nitrogens with zero attached hydrogens (tertiary/aromatic N) is 4. The van der Waals surface area contributed by atoms with E-state index in [0.717, 1.165) is 114 Å². The molecule has 0 amide bonds. The minimum absolute atomic E-state index is 0. The van der Waals surface area contributed by atoms with Crippen molar-refractivity contribution >= 4 is 84.9 Å². The van der Waals surface area contributed by atoms with Gasteiger partial charge in [0.05, 0.1) is 69.3 Å². The Morgan fingerprint density at radius 2 is 0.764 bits per heavy atom. The fourth-order valence-corrected chi connectivity index (χ4v) is 14.7. The van der Waals surface area contributed by atoms with E-state index < -0.39 is 47.5 Å². The quantitative estimate of drug-likeness (QED) is 0.0237. The third-order valence-electron chi connectivity index (χ3n) is 21.8. The number of para-hydroxylation sites is 6. The van der Waals surface area contributed by atoms with Crippen LogP contribution in [0, 0.1) is 11.6 Å². The minimum atomic E-state index is -1.21. The van der Waals surface area contributed by atoms with Crippen LogP contribution in [0.15, 0.2) is 346 Å². The Kier molecular flexibility index (Phi) is 40.9. The molecule has 144 heavy (non-hydrogen) atoms. The first-order chi connectivity index (χ1) is 68.7. The van der Waals surface area contributed by atoms with Crippen LogP contribution in [0.2, 0.25) is 5.02 Å². The maximum absolute atomic E-state index is 14.4. The normalized spacial score (nSPS) is 11.0. The van der Waals surface area contributed by atoms with E-state index in [-0.39, 0.29) is 96.8 Å². The van der Waals surface area contributed by atoms with Crippen molar-refractivity contribution in [2.45, 2.75) is 147 Å². The number of pyridine rings is 4. The topological polar surface area (TPSA) is 299 Å². The summed E-state index contributed by atoms with van der Waals surface area (Å²) in [6.07, 6.45) is -0.142. The van der Waals surface area contributed by atoms with Crippen LogP contribution in [0.3, 0.4) is 0 Å². The maximum atomic E-state index is 14.4. The Labute approximate surface area is 840 Å². The van der Waals surface area contributed by atoms with Gasteiger partial charge in [-0.05, 0) is 175 Å². The number of benzene rings is 13. The second kappa shape index (κ2) is 54.7. The molecule has 17 aromatic rings. The number of halogens is 3. The van der Waals surface area contributed by atoms with Gasteiger partial charge in [0.1, 0.15) is 98.9 Å². The fraction of sp³-hybridized carbons (Fsp3) is 0.195. The number of ketones is 1. The number of esters is 1. The summed E-state index contributed by atoms with van der Waals surface area (Å²) in [4.78, 5) is 76.1. The van der Waals surface area contributed by atoms with Gasteiger partial charge in [0.15, 0.2) is 35.0 Å². The van der Waals surface area contributed by atoms with Crippen molar-refractivity contribution in [3.05, 3.63) is 430 Å². The third-order valence-corrected chi connectivity index (χ3v) is 22.1. The number of carboxylic acid groups (broad SMARTS) is 3. The average molecular weight is 1960 g/mol. The van der Waals surface area contributed by atoms with Crippen molar-refractivity contribution in [2.24, 2.45) is 0 Å². The van der Waals surface area contributed by atoms with Crippen LogP contribution in [0.4, 0.5) is 8.78 Å². The van der Waals surface area contributed by atoms with Crippen LogP contribution < -0.4 is 47.4 Å². The van der Waals surface area contributed by atoms with Gasteiger partial charge >= 0.3 is 23.9 Å². The molecule has 2 atom stereocenters. The number of carbonyl (C=O) groups excluding carboxylic acids is 2. The third kappa shape index (κ3) is 32.1. The lowest BCUT2D eigenvalue weighted by atomic mass is 10.0. The molecule has 0 aliphatic rings. The first kappa shape index (κ1) is 108. The van der Waals surface area contributed by atoms with E-state index in [1.54, 1.807) is 54.6 Å². The highest BCUT2D eigenvalue weighted by Gasteiger charge is 2.26. The number of Topliss-reactive ketones (excluding diaryl/α,β-unsaturated/α-hetero) is 1. The van der Waals surface area contributed by atoms with Crippen molar-refractivity contribution in [1.29, 1.82) is 0 Å². The van der Waals surface area contributed by atoms with Crippen LogP contribution in [0.25, 0.3) is 43.6 Å². The molecular weight excluding hydrogens is 1850 g/mol. The SMILES string of the molecule is C.C.C.CCCOC(=O)Cc1ccc(OCc2ccc(OCc3ccc4ccccc4n3)cc2)c(F)c1.CCCc1cccc(COc2cccc(OCc3ccc4ccccc4n3)c2)c1OC(C)C(=O)O.O=C(O)C(Oc1c(Cl)cccc1COc1cccc(OCc2ccc3ccccc3n2)c1)c1ccccc1.O=C(O)CCC(=O)c1ccc(OCc2cccc(OCc3ccc4ccccc4n3)c2)c(F)c1. The highest BCUT2D eigenvalue weighted by molar-refractivity contribution is 6.32. The standard InChI is InChI=1S/C31H24ClNO5.C29H29NO5.C28H26FNO4.C27H22FNO5.3CH4/c32-27-14-6-11-23(29(27)38-30(31(34)35)22-9-2-1-3-10-22)19-36-25-12-7-13-26(18-25)37-20-24-17-16-21-8-4-5-15-28(21)33-24;1-3-8-22-10-6-11-23(28(22)35-20(2)29(31)32)18-33-25-12-7-13-26(17-25)34-19-24-16-15-21-9-4-5-14-27(21)30-24;1-2-15-32-28(31)17-21-9-14-27(25(29)16-21)34-18-20-7-12-24(13-8-20)33-19-23-11-10-22-5-3-4-6-26(22)30-23;28-23-15-20(25(30)11-13-27(31)32)9-12-26(23)34-16-18-4-3-6-22(14-18)33-17-21-10-8-19-5-1-2-7-24(19)29-21;;;/h1-18,30H,19-20H2,(H,34,35);4-7,9-17,20H,3,8,18-19H2,1-2H3,(H,31,32);3-14,16H,2,15,17-19H2,1H3;1-10,12,14-15H,11,13,16-17H2,(H,31,32);3*1H4. The predicted octanol–water partition coefficient (Wildman–Crippen LogP) is 27.0. The number of rotatable bonds is 41. The Morgan fingerprint density at radius 3 is 1.23 bits per heavy atom. The highest BCUT2D eigenvalue weighted by Crippen LogP contribution is 2.37. The number of ether oxygens (including phenoxy) is 11. The molecule has 0 spiro atoms. The van der Waals surface area contributed by atoms with Crippen LogP contribution >= 0.6 is 11.6 Å². The summed E-state index contributed by atoms with van der Waals surface area (Å²) in [7, 11) is 0. The molecular formula is C118H113ClF2N4O19. The zero-order chi connectivity index (χ0) is 98.6. The van der Waals surface area contributed by atoms with Gasteiger partial charge in [0, 0.05) is 62.4 Å². The largest absolute Gasteiger partial charge is 0.489 e. The molecule has 17 rings (SSSR count). The molecule has 23 nitrogen and oxygen atoms in total. The van der Waals surface area contributed by atoms with Gasteiger partial charge in [-0.3, -0.25) is 14.4 Å². The molecule has 13 aromatic carbocycles. The Hall–Kier alpha value is -16.8. The van der Waals surface area contributed by atoms with E-state index in [4.69, 9.17) is 68.8 Å². The van der Waals surface area contributed by atoms with Crippen LogP contribution in [0.5, 0.6) is 57.5 Å². The molecule has 3 N–H and O–H groups in total. The fourth-order valence-electron chi connectivity index (χ4n) is 14.5. The molecule has 4 heterocycles. The lowest BCUT2D eigenvalue weighted by Gasteiger charge is -2.19. The van der Waals surface area contributed by atoms with Gasteiger partial charge in [-0.2, -0.15) is 0 Å². The number of carbonyl (C=O) groups is 5. The number of aliphatic carboxylic acids is 3. The lowest BCUT2D eigenvalue weighted by molar-refractivity contribution is -0.146. The van der Waals surface area contributed by atoms with Gasteiger partial charge in [0.25, 0.3) is 0 Å². The zero-order valence-electron chi connectivity index (χ0n) is 77.5. The molecule has 0 saturated carbocycles. The van der Waals surface area contributed by atoms with Gasteiger partial charge < -0.3 is 67.4 Å². The zero-order valence-corrected chi connectivity index (χ0v) is 78.2. The summed E-state index contributed by atoms with van der Waals surface area (Å²) >= 11 is 6.41.